The number of Topliss-reactive ketones (excluding diaryl/α,β-unsaturated/α-hetero) is 1. The Morgan fingerprint density at radius 1 is 1.29 bits per heavy atom. The standard InChI is InChI=1S/C14H18ClNO/c1-9-2-4-10(5-3-9)14(17)12-7-6-11(16)8-13(12)15/h6-10H,2-5,16H2,1H3. The molecule has 0 heterocycles. The first-order valence-corrected chi connectivity index (χ1v) is 6.55. The molecule has 17 heavy (non-hydrogen) atoms. The predicted octanol–water partition coefficient (Wildman–Crippen LogP) is 3.93. The molecular formula is C14H18ClNO. The lowest BCUT2D eigenvalue weighted by Gasteiger charge is -2.25. The van der Waals surface area contributed by atoms with Gasteiger partial charge in [0.1, 0.15) is 0 Å². The van der Waals surface area contributed by atoms with E-state index in [2.05, 4.69) is 6.92 Å². The van der Waals surface area contributed by atoms with Crippen molar-refractivity contribution in [2.45, 2.75) is 32.6 Å². The maximum atomic E-state index is 12.3. The van der Waals surface area contributed by atoms with Crippen LogP contribution in [0.5, 0.6) is 0 Å². The van der Waals surface area contributed by atoms with Crippen LogP contribution in [0.2, 0.25) is 5.02 Å². The van der Waals surface area contributed by atoms with Crippen LogP contribution in [0, 0.1) is 11.8 Å². The van der Waals surface area contributed by atoms with Gasteiger partial charge in [-0.2, -0.15) is 0 Å². The molecule has 0 radical (unpaired) electrons. The average molecular weight is 252 g/mol. The summed E-state index contributed by atoms with van der Waals surface area (Å²) in [6.07, 6.45) is 4.26. The minimum atomic E-state index is 0.146. The van der Waals surface area contributed by atoms with Gasteiger partial charge >= 0.3 is 0 Å². The molecule has 0 spiro atoms. The first kappa shape index (κ1) is 12.4. The van der Waals surface area contributed by atoms with Crippen molar-refractivity contribution in [3.8, 4) is 0 Å². The van der Waals surface area contributed by atoms with Gasteiger partial charge in [-0.05, 0) is 37.0 Å². The van der Waals surface area contributed by atoms with Crippen molar-refractivity contribution in [2.75, 3.05) is 5.73 Å². The van der Waals surface area contributed by atoms with Crippen molar-refractivity contribution in [1.82, 2.24) is 0 Å². The van der Waals surface area contributed by atoms with E-state index in [9.17, 15) is 4.79 Å². The maximum absolute atomic E-state index is 12.3. The van der Waals surface area contributed by atoms with Gasteiger partial charge in [0.2, 0.25) is 0 Å². The third-order valence-electron chi connectivity index (χ3n) is 3.65. The number of carbonyl (C=O) groups excluding carboxylic acids is 1. The Bertz CT molecular complexity index is 422. The molecule has 1 aromatic carbocycles. The minimum Gasteiger partial charge on any atom is -0.399 e. The zero-order valence-corrected chi connectivity index (χ0v) is 10.8. The molecule has 0 bridgehead atoms. The van der Waals surface area contributed by atoms with E-state index in [-0.39, 0.29) is 11.7 Å². The molecule has 0 unspecified atom stereocenters. The Labute approximate surface area is 107 Å². The van der Waals surface area contributed by atoms with Crippen molar-refractivity contribution < 1.29 is 4.79 Å². The topological polar surface area (TPSA) is 43.1 Å². The molecule has 1 fully saturated rings. The Kier molecular flexibility index (Phi) is 3.72. The molecule has 1 saturated carbocycles. The van der Waals surface area contributed by atoms with Gasteiger partial charge < -0.3 is 5.73 Å². The number of nitrogen functional groups attached to an aromatic ring is 1. The summed E-state index contributed by atoms with van der Waals surface area (Å²) in [5, 5.41) is 0.480. The number of nitrogens with two attached hydrogens (primary N) is 1. The number of halogens is 1. The number of anilines is 1. The average Bonchev–Trinajstić information content (AvgIpc) is 2.29. The van der Waals surface area contributed by atoms with Crippen molar-refractivity contribution >= 4 is 23.1 Å². The largest absolute Gasteiger partial charge is 0.399 e. The fourth-order valence-corrected chi connectivity index (χ4v) is 2.76. The second kappa shape index (κ2) is 5.09. The van der Waals surface area contributed by atoms with E-state index in [0.29, 0.717) is 16.3 Å². The number of carbonyl (C=O) groups is 1. The molecule has 1 aliphatic carbocycles. The highest BCUT2D eigenvalue weighted by Gasteiger charge is 2.26. The molecule has 3 heteroatoms. The van der Waals surface area contributed by atoms with Crippen molar-refractivity contribution in [2.24, 2.45) is 11.8 Å². The Balaban J connectivity index is 2.14. The van der Waals surface area contributed by atoms with Gasteiger partial charge in [-0.15, -0.1) is 0 Å². The second-order valence-corrected chi connectivity index (χ2v) is 5.47. The lowest BCUT2D eigenvalue weighted by Crippen LogP contribution is -2.21. The molecule has 0 aliphatic heterocycles. The van der Waals surface area contributed by atoms with E-state index in [0.717, 1.165) is 31.6 Å². The second-order valence-electron chi connectivity index (χ2n) is 5.06. The highest BCUT2D eigenvalue weighted by Crippen LogP contribution is 2.32. The molecular weight excluding hydrogens is 234 g/mol. The zero-order chi connectivity index (χ0) is 12.4. The summed E-state index contributed by atoms with van der Waals surface area (Å²) >= 11 is 6.07. The number of hydrogen-bond donors (Lipinski definition) is 1. The lowest BCUT2D eigenvalue weighted by molar-refractivity contribution is 0.0876. The normalized spacial score (nSPS) is 24.6. The van der Waals surface area contributed by atoms with E-state index < -0.39 is 0 Å². The van der Waals surface area contributed by atoms with Crippen LogP contribution in [0.4, 0.5) is 5.69 Å². The molecule has 0 amide bonds. The van der Waals surface area contributed by atoms with Gasteiger partial charge in [-0.1, -0.05) is 31.4 Å². The van der Waals surface area contributed by atoms with Crippen LogP contribution in [-0.2, 0) is 0 Å². The van der Waals surface area contributed by atoms with Crippen LogP contribution in [0.1, 0.15) is 43.0 Å². The Morgan fingerprint density at radius 3 is 2.53 bits per heavy atom. The van der Waals surface area contributed by atoms with Gasteiger partial charge in [0.25, 0.3) is 0 Å². The maximum Gasteiger partial charge on any atom is 0.167 e. The first-order valence-electron chi connectivity index (χ1n) is 6.17. The highest BCUT2D eigenvalue weighted by atomic mass is 35.5. The third-order valence-corrected chi connectivity index (χ3v) is 3.96. The molecule has 1 aromatic rings. The summed E-state index contributed by atoms with van der Waals surface area (Å²) in [7, 11) is 0. The van der Waals surface area contributed by atoms with E-state index in [1.807, 2.05) is 0 Å². The summed E-state index contributed by atoms with van der Waals surface area (Å²) in [6.45, 7) is 2.25. The van der Waals surface area contributed by atoms with Crippen LogP contribution in [-0.4, -0.2) is 5.78 Å². The van der Waals surface area contributed by atoms with Crippen molar-refractivity contribution in [1.29, 1.82) is 0 Å². The molecule has 2 rings (SSSR count). The van der Waals surface area contributed by atoms with Crippen LogP contribution in [0.3, 0.4) is 0 Å². The van der Waals surface area contributed by atoms with Gasteiger partial charge in [0.15, 0.2) is 5.78 Å². The van der Waals surface area contributed by atoms with Gasteiger partial charge in [-0.25, -0.2) is 0 Å². The van der Waals surface area contributed by atoms with Crippen molar-refractivity contribution in [3.63, 3.8) is 0 Å². The Hall–Kier alpha value is -1.02. The summed E-state index contributed by atoms with van der Waals surface area (Å²) in [4.78, 5) is 12.3. The summed E-state index contributed by atoms with van der Waals surface area (Å²) < 4.78 is 0. The zero-order valence-electron chi connectivity index (χ0n) is 10.1. The molecule has 0 aromatic heterocycles. The SMILES string of the molecule is CC1CCC(C(=O)c2ccc(N)cc2Cl)CC1. The van der Waals surface area contributed by atoms with Gasteiger partial charge in [0.05, 0.1) is 5.02 Å². The molecule has 0 atom stereocenters. The van der Waals surface area contributed by atoms with E-state index in [1.165, 1.54) is 0 Å². The van der Waals surface area contributed by atoms with Crippen LogP contribution in [0.25, 0.3) is 0 Å². The fourth-order valence-electron chi connectivity index (χ4n) is 2.47. The minimum absolute atomic E-state index is 0.146. The molecule has 1 aliphatic rings. The number of ketones is 1. The Morgan fingerprint density at radius 2 is 1.94 bits per heavy atom. The number of hydrogen-bond acceptors (Lipinski definition) is 2. The highest BCUT2D eigenvalue weighted by molar-refractivity contribution is 6.34. The number of benzene rings is 1. The van der Waals surface area contributed by atoms with Gasteiger partial charge in [-0.3, -0.25) is 4.79 Å². The summed E-state index contributed by atoms with van der Waals surface area (Å²) in [5.74, 6) is 1.08. The van der Waals surface area contributed by atoms with E-state index in [4.69, 9.17) is 17.3 Å². The van der Waals surface area contributed by atoms with Gasteiger partial charge in [0, 0.05) is 17.2 Å². The number of rotatable bonds is 2. The van der Waals surface area contributed by atoms with E-state index >= 15 is 0 Å². The smallest absolute Gasteiger partial charge is 0.167 e. The molecule has 2 nitrogen and oxygen atoms in total. The third kappa shape index (κ3) is 2.81. The summed E-state index contributed by atoms with van der Waals surface area (Å²) in [6, 6.07) is 5.14. The van der Waals surface area contributed by atoms with Crippen molar-refractivity contribution in [3.05, 3.63) is 28.8 Å². The quantitative estimate of drug-likeness (QED) is 0.639. The van der Waals surface area contributed by atoms with Crippen LogP contribution >= 0.6 is 11.6 Å². The fraction of sp³-hybridized carbons (Fsp3) is 0.500. The molecule has 0 saturated heterocycles. The van der Waals surface area contributed by atoms with E-state index in [1.54, 1.807) is 18.2 Å². The molecule has 92 valence electrons. The summed E-state index contributed by atoms with van der Waals surface area (Å²) in [5.41, 5.74) is 6.85. The monoisotopic (exact) mass is 251 g/mol. The predicted molar refractivity (Wildman–Crippen MR) is 71.3 cm³/mol. The molecule has 2 N–H and O–H groups in total. The van der Waals surface area contributed by atoms with Crippen LogP contribution < -0.4 is 5.73 Å². The lowest BCUT2D eigenvalue weighted by atomic mass is 9.79. The van der Waals surface area contributed by atoms with Crippen LogP contribution in [0.15, 0.2) is 18.2 Å². The first-order chi connectivity index (χ1) is 8.08.